The lowest BCUT2D eigenvalue weighted by Gasteiger charge is -2.12. The van der Waals surface area contributed by atoms with Crippen LogP contribution in [-0.2, 0) is 9.59 Å². The van der Waals surface area contributed by atoms with Crippen LogP contribution in [0.25, 0.3) is 0 Å². The van der Waals surface area contributed by atoms with Gasteiger partial charge in [-0.05, 0) is 31.5 Å². The minimum Gasteiger partial charge on any atom is -0.493 e. The Morgan fingerprint density at radius 1 is 1.37 bits per heavy atom. The number of carboxylic acid groups (broad SMARTS) is 2. The van der Waals surface area contributed by atoms with Crippen LogP contribution in [0.4, 0.5) is 0 Å². The Hall–Kier alpha value is -2.62. The Labute approximate surface area is 165 Å². The number of unbranched alkanes of at least 4 members (excludes halogenated alkanes) is 1. The molecule has 0 aromatic heterocycles. The molecule has 0 spiro atoms. The maximum absolute atomic E-state index is 9.10. The van der Waals surface area contributed by atoms with Crippen LogP contribution in [0.5, 0.6) is 5.75 Å². The van der Waals surface area contributed by atoms with Gasteiger partial charge in [-0.3, -0.25) is 0 Å². The van der Waals surface area contributed by atoms with Gasteiger partial charge in [0.15, 0.2) is 0 Å². The standard InChI is InChI=1S/C15H21BrN4O.C2H2O4/c1-3-4-9-21-14-6-5-12(16)10-13(14)11(2)19-20-15-17-7-8-18-15;3-1(4)2(5)6/h5-6,10H,3-4,7-9H2,1-2H3,(H2,17,18,20);(H,3,4)(H,5,6)/b19-11+;. The number of nitrogens with zero attached hydrogens (tertiary/aromatic N) is 2. The SMILES string of the molecule is CCCCOc1ccc(Br)cc1/C(C)=N/NC1=NCCN1.O=C(O)C(=O)O. The fourth-order valence-electron chi connectivity index (χ4n) is 1.91. The number of aliphatic carboxylic acids is 2. The minimum atomic E-state index is -1.82. The molecule has 1 heterocycles. The lowest BCUT2D eigenvalue weighted by Crippen LogP contribution is -2.30. The molecule has 10 heteroatoms. The van der Waals surface area contributed by atoms with Crippen molar-refractivity contribution in [1.29, 1.82) is 0 Å². The van der Waals surface area contributed by atoms with E-state index in [1.807, 2.05) is 25.1 Å². The van der Waals surface area contributed by atoms with E-state index in [1.54, 1.807) is 0 Å². The average Bonchev–Trinajstić information content (AvgIpc) is 3.15. The zero-order chi connectivity index (χ0) is 20.2. The van der Waals surface area contributed by atoms with Crippen molar-refractivity contribution in [2.75, 3.05) is 19.7 Å². The molecule has 0 radical (unpaired) electrons. The predicted octanol–water partition coefficient (Wildman–Crippen LogP) is 2.06. The Balaban J connectivity index is 0.000000527. The zero-order valence-corrected chi connectivity index (χ0v) is 16.7. The van der Waals surface area contributed by atoms with Gasteiger partial charge < -0.3 is 20.3 Å². The molecule has 1 aliphatic heterocycles. The van der Waals surface area contributed by atoms with Gasteiger partial charge in [-0.2, -0.15) is 5.10 Å². The lowest BCUT2D eigenvalue weighted by molar-refractivity contribution is -0.159. The predicted molar refractivity (Wildman–Crippen MR) is 105 cm³/mol. The number of halogens is 1. The maximum Gasteiger partial charge on any atom is 0.414 e. The highest BCUT2D eigenvalue weighted by Crippen LogP contribution is 2.24. The molecule has 4 N–H and O–H groups in total. The van der Waals surface area contributed by atoms with E-state index in [0.717, 1.165) is 60.0 Å². The Kier molecular flexibility index (Phi) is 9.88. The van der Waals surface area contributed by atoms with Gasteiger partial charge in [-0.1, -0.05) is 29.3 Å². The van der Waals surface area contributed by atoms with Crippen molar-refractivity contribution >= 4 is 39.5 Å². The van der Waals surface area contributed by atoms with Gasteiger partial charge in [0, 0.05) is 16.6 Å². The molecule has 0 amide bonds. The first-order chi connectivity index (χ1) is 12.8. The van der Waals surface area contributed by atoms with Crippen molar-refractivity contribution in [3.8, 4) is 5.75 Å². The van der Waals surface area contributed by atoms with E-state index < -0.39 is 11.9 Å². The Bertz CT molecular complexity index is 709. The molecule has 27 heavy (non-hydrogen) atoms. The van der Waals surface area contributed by atoms with E-state index in [2.05, 4.69) is 43.7 Å². The number of guanidine groups is 1. The smallest absolute Gasteiger partial charge is 0.414 e. The first-order valence-corrected chi connectivity index (χ1v) is 9.12. The maximum atomic E-state index is 9.10. The van der Waals surface area contributed by atoms with E-state index in [9.17, 15) is 0 Å². The molecule has 0 aliphatic carbocycles. The molecule has 0 saturated carbocycles. The van der Waals surface area contributed by atoms with Crippen molar-refractivity contribution in [2.24, 2.45) is 10.1 Å². The van der Waals surface area contributed by atoms with Crippen molar-refractivity contribution in [3.63, 3.8) is 0 Å². The number of nitrogens with one attached hydrogen (secondary N) is 2. The Morgan fingerprint density at radius 2 is 2.07 bits per heavy atom. The van der Waals surface area contributed by atoms with E-state index in [-0.39, 0.29) is 0 Å². The molecular weight excluding hydrogens is 420 g/mol. The molecule has 0 unspecified atom stereocenters. The Morgan fingerprint density at radius 3 is 2.63 bits per heavy atom. The molecular formula is C17H23BrN4O5. The van der Waals surface area contributed by atoms with Crippen molar-refractivity contribution in [3.05, 3.63) is 28.2 Å². The van der Waals surface area contributed by atoms with Gasteiger partial charge in [0.25, 0.3) is 0 Å². The average molecular weight is 443 g/mol. The number of hydrazone groups is 1. The fraction of sp³-hybridized carbons (Fsp3) is 0.412. The molecule has 1 aromatic carbocycles. The van der Waals surface area contributed by atoms with Crippen molar-refractivity contribution in [1.82, 2.24) is 10.7 Å². The topological polar surface area (TPSA) is 133 Å². The van der Waals surface area contributed by atoms with Crippen molar-refractivity contribution in [2.45, 2.75) is 26.7 Å². The summed E-state index contributed by atoms with van der Waals surface area (Å²) in [5, 5.41) is 22.3. The van der Waals surface area contributed by atoms with Crippen LogP contribution >= 0.6 is 15.9 Å². The van der Waals surface area contributed by atoms with E-state index in [4.69, 9.17) is 24.5 Å². The number of aliphatic imine (C=N–C) groups is 1. The van der Waals surface area contributed by atoms with Gasteiger partial charge in [0.1, 0.15) is 5.75 Å². The van der Waals surface area contributed by atoms with Gasteiger partial charge in [0.05, 0.1) is 18.9 Å². The number of ether oxygens (including phenoxy) is 1. The largest absolute Gasteiger partial charge is 0.493 e. The molecule has 9 nitrogen and oxygen atoms in total. The summed E-state index contributed by atoms with van der Waals surface area (Å²) < 4.78 is 6.86. The monoisotopic (exact) mass is 442 g/mol. The number of carboxylic acids is 2. The molecule has 148 valence electrons. The van der Waals surface area contributed by atoms with E-state index in [1.165, 1.54) is 0 Å². The fourth-order valence-corrected chi connectivity index (χ4v) is 2.27. The number of rotatable bonds is 6. The summed E-state index contributed by atoms with van der Waals surface area (Å²) in [6.07, 6.45) is 2.16. The highest BCUT2D eigenvalue weighted by molar-refractivity contribution is 9.10. The summed E-state index contributed by atoms with van der Waals surface area (Å²) in [6, 6.07) is 5.97. The summed E-state index contributed by atoms with van der Waals surface area (Å²) in [4.78, 5) is 22.4. The molecule has 0 bridgehead atoms. The minimum absolute atomic E-state index is 0.720. The first-order valence-electron chi connectivity index (χ1n) is 8.32. The van der Waals surface area contributed by atoms with E-state index >= 15 is 0 Å². The van der Waals surface area contributed by atoms with Crippen LogP contribution in [0.1, 0.15) is 32.3 Å². The highest BCUT2D eigenvalue weighted by Gasteiger charge is 2.09. The molecule has 1 aliphatic rings. The van der Waals surface area contributed by atoms with Gasteiger partial charge in [0.2, 0.25) is 5.96 Å². The molecule has 2 rings (SSSR count). The molecule has 0 fully saturated rings. The van der Waals surface area contributed by atoms with Crippen LogP contribution < -0.4 is 15.5 Å². The number of hydrogen-bond acceptors (Lipinski definition) is 7. The van der Waals surface area contributed by atoms with E-state index in [0.29, 0.717) is 0 Å². The molecule has 1 aromatic rings. The third-order valence-corrected chi connectivity index (χ3v) is 3.77. The van der Waals surface area contributed by atoms with Gasteiger partial charge >= 0.3 is 11.9 Å². The second-order valence-corrected chi connectivity index (χ2v) is 6.33. The van der Waals surface area contributed by atoms with Crippen LogP contribution in [0.3, 0.4) is 0 Å². The summed E-state index contributed by atoms with van der Waals surface area (Å²) in [6.45, 7) is 6.48. The normalized spacial score (nSPS) is 13.0. The number of benzene rings is 1. The second-order valence-electron chi connectivity index (χ2n) is 5.42. The summed E-state index contributed by atoms with van der Waals surface area (Å²) in [5.41, 5.74) is 4.79. The quantitative estimate of drug-likeness (QED) is 0.229. The van der Waals surface area contributed by atoms with Crippen LogP contribution in [0, 0.1) is 0 Å². The molecule has 0 atom stereocenters. The summed E-state index contributed by atoms with van der Waals surface area (Å²) >= 11 is 3.50. The molecule has 0 saturated heterocycles. The number of hydrogen-bond donors (Lipinski definition) is 4. The second kappa shape index (κ2) is 11.9. The van der Waals surface area contributed by atoms with Crippen LogP contribution in [-0.4, -0.2) is 53.5 Å². The lowest BCUT2D eigenvalue weighted by atomic mass is 10.1. The third-order valence-electron chi connectivity index (χ3n) is 3.27. The summed E-state index contributed by atoms with van der Waals surface area (Å²) in [7, 11) is 0. The highest BCUT2D eigenvalue weighted by atomic mass is 79.9. The zero-order valence-electron chi connectivity index (χ0n) is 15.2. The first kappa shape index (κ1) is 22.4. The van der Waals surface area contributed by atoms with Crippen molar-refractivity contribution < 1.29 is 24.5 Å². The van der Waals surface area contributed by atoms with Crippen LogP contribution in [0.2, 0.25) is 0 Å². The van der Waals surface area contributed by atoms with Gasteiger partial charge in [-0.25, -0.2) is 20.0 Å². The third kappa shape index (κ3) is 8.54. The summed E-state index contributed by atoms with van der Waals surface area (Å²) in [5.74, 6) is -2.07. The number of carbonyl (C=O) groups is 2. The van der Waals surface area contributed by atoms with Gasteiger partial charge in [-0.15, -0.1) is 0 Å². The van der Waals surface area contributed by atoms with Crippen LogP contribution in [0.15, 0.2) is 32.8 Å².